The molecule has 0 radical (unpaired) electrons. The van der Waals surface area contributed by atoms with Gasteiger partial charge in [-0.25, -0.2) is 4.98 Å². The van der Waals surface area contributed by atoms with Gasteiger partial charge < -0.3 is 5.11 Å². The Morgan fingerprint density at radius 3 is 2.82 bits per heavy atom. The molecule has 0 amide bonds. The third-order valence-electron chi connectivity index (χ3n) is 1.52. The summed E-state index contributed by atoms with van der Waals surface area (Å²) >= 11 is 3.22. The van der Waals surface area contributed by atoms with Gasteiger partial charge in [0.05, 0.1) is 6.10 Å². The van der Waals surface area contributed by atoms with Crippen LogP contribution in [0.4, 0.5) is 0 Å². The highest BCUT2D eigenvalue weighted by Gasteiger charge is 2.03. The molecule has 1 heterocycles. The van der Waals surface area contributed by atoms with Gasteiger partial charge in [0.25, 0.3) is 0 Å². The Kier molecular flexibility index (Phi) is 3.02. The predicted molar refractivity (Wildman–Crippen MR) is 47.2 cm³/mol. The summed E-state index contributed by atoms with van der Waals surface area (Å²) in [6.07, 6.45) is 2.03. The molecule has 1 aromatic heterocycles. The van der Waals surface area contributed by atoms with Gasteiger partial charge in [0, 0.05) is 6.20 Å². The maximum atomic E-state index is 9.36. The minimum atomic E-state index is -0.379. The third-order valence-corrected chi connectivity index (χ3v) is 1.99. The number of hydrogen-bond acceptors (Lipinski definition) is 2. The molecule has 1 unspecified atom stereocenters. The van der Waals surface area contributed by atoms with Crippen LogP contribution in [0, 0.1) is 0 Å². The first-order valence-corrected chi connectivity index (χ1v) is 4.33. The van der Waals surface area contributed by atoms with E-state index in [0.29, 0.717) is 0 Å². The first-order chi connectivity index (χ1) is 5.24. The molecule has 2 nitrogen and oxygen atoms in total. The molecule has 0 fully saturated rings. The maximum Gasteiger partial charge on any atom is 0.106 e. The fourth-order valence-corrected chi connectivity index (χ4v) is 1.05. The molecule has 3 heteroatoms. The summed E-state index contributed by atoms with van der Waals surface area (Å²) in [5.74, 6) is 0. The topological polar surface area (TPSA) is 33.1 Å². The van der Waals surface area contributed by atoms with Gasteiger partial charge >= 0.3 is 0 Å². The first-order valence-electron chi connectivity index (χ1n) is 3.53. The van der Waals surface area contributed by atoms with Crippen molar-refractivity contribution in [1.29, 1.82) is 0 Å². The normalized spacial score (nSPS) is 13.0. The second-order valence-corrected chi connectivity index (χ2v) is 3.15. The molecule has 0 saturated heterocycles. The number of pyridine rings is 1. The van der Waals surface area contributed by atoms with E-state index in [9.17, 15) is 5.11 Å². The Morgan fingerprint density at radius 1 is 1.64 bits per heavy atom. The largest absolute Gasteiger partial charge is 0.388 e. The van der Waals surface area contributed by atoms with Crippen molar-refractivity contribution in [2.24, 2.45) is 0 Å². The summed E-state index contributed by atoms with van der Waals surface area (Å²) in [5.41, 5.74) is 0.871. The van der Waals surface area contributed by atoms with Gasteiger partial charge in [-0.2, -0.15) is 0 Å². The van der Waals surface area contributed by atoms with Crippen molar-refractivity contribution in [2.75, 3.05) is 0 Å². The SMILES string of the molecule is CCC(O)c1ccc(Br)nc1. The zero-order valence-electron chi connectivity index (χ0n) is 6.29. The monoisotopic (exact) mass is 215 g/mol. The molecular weight excluding hydrogens is 206 g/mol. The van der Waals surface area contributed by atoms with E-state index in [-0.39, 0.29) is 6.10 Å². The van der Waals surface area contributed by atoms with Crippen LogP contribution in [0.1, 0.15) is 25.0 Å². The molecule has 1 aromatic rings. The predicted octanol–water partition coefficient (Wildman–Crippen LogP) is 2.29. The van der Waals surface area contributed by atoms with Crippen LogP contribution in [0.3, 0.4) is 0 Å². The lowest BCUT2D eigenvalue weighted by Gasteiger charge is -2.05. The Labute approximate surface area is 74.4 Å². The van der Waals surface area contributed by atoms with Gasteiger partial charge in [-0.15, -0.1) is 0 Å². The zero-order chi connectivity index (χ0) is 8.27. The molecule has 0 bridgehead atoms. The van der Waals surface area contributed by atoms with E-state index >= 15 is 0 Å². The van der Waals surface area contributed by atoms with E-state index in [2.05, 4.69) is 20.9 Å². The van der Waals surface area contributed by atoms with Crippen molar-refractivity contribution in [3.05, 3.63) is 28.5 Å². The van der Waals surface area contributed by atoms with Crippen molar-refractivity contribution in [1.82, 2.24) is 4.98 Å². The maximum absolute atomic E-state index is 9.36. The third kappa shape index (κ3) is 2.27. The van der Waals surface area contributed by atoms with E-state index < -0.39 is 0 Å². The summed E-state index contributed by atoms with van der Waals surface area (Å²) in [7, 11) is 0. The number of aliphatic hydroxyl groups is 1. The minimum absolute atomic E-state index is 0.379. The molecule has 0 aliphatic carbocycles. The van der Waals surface area contributed by atoms with Gasteiger partial charge in [0.1, 0.15) is 4.60 Å². The summed E-state index contributed by atoms with van der Waals surface area (Å²) < 4.78 is 0.796. The van der Waals surface area contributed by atoms with Crippen molar-refractivity contribution in [3.8, 4) is 0 Å². The molecule has 1 rings (SSSR count). The van der Waals surface area contributed by atoms with Crippen molar-refractivity contribution >= 4 is 15.9 Å². The average molecular weight is 216 g/mol. The number of aliphatic hydroxyl groups excluding tert-OH is 1. The zero-order valence-corrected chi connectivity index (χ0v) is 7.87. The minimum Gasteiger partial charge on any atom is -0.388 e. The molecule has 1 atom stereocenters. The van der Waals surface area contributed by atoms with E-state index in [0.717, 1.165) is 16.6 Å². The van der Waals surface area contributed by atoms with Crippen molar-refractivity contribution < 1.29 is 5.11 Å². The van der Waals surface area contributed by atoms with Gasteiger partial charge in [0.2, 0.25) is 0 Å². The van der Waals surface area contributed by atoms with Crippen molar-refractivity contribution in [2.45, 2.75) is 19.4 Å². The number of halogens is 1. The van der Waals surface area contributed by atoms with Gasteiger partial charge in [-0.1, -0.05) is 13.0 Å². The van der Waals surface area contributed by atoms with Crippen LogP contribution in [0.2, 0.25) is 0 Å². The molecule has 0 aliphatic heterocycles. The molecule has 11 heavy (non-hydrogen) atoms. The van der Waals surface area contributed by atoms with E-state index in [4.69, 9.17) is 0 Å². The van der Waals surface area contributed by atoms with E-state index in [1.165, 1.54) is 0 Å². The lowest BCUT2D eigenvalue weighted by molar-refractivity contribution is 0.173. The summed E-state index contributed by atoms with van der Waals surface area (Å²) in [4.78, 5) is 4.00. The molecule has 0 saturated carbocycles. The highest BCUT2D eigenvalue weighted by molar-refractivity contribution is 9.10. The lowest BCUT2D eigenvalue weighted by atomic mass is 10.1. The fourth-order valence-electron chi connectivity index (χ4n) is 0.820. The highest BCUT2D eigenvalue weighted by Crippen LogP contribution is 2.16. The quantitative estimate of drug-likeness (QED) is 0.769. The summed E-state index contributed by atoms with van der Waals surface area (Å²) in [6.45, 7) is 1.94. The number of aromatic nitrogens is 1. The van der Waals surface area contributed by atoms with E-state index in [1.54, 1.807) is 6.20 Å². The highest BCUT2D eigenvalue weighted by atomic mass is 79.9. The Morgan fingerprint density at radius 2 is 2.36 bits per heavy atom. The second-order valence-electron chi connectivity index (χ2n) is 2.34. The van der Waals surface area contributed by atoms with Gasteiger partial charge in [0.15, 0.2) is 0 Å². The first kappa shape index (κ1) is 8.68. The molecule has 1 N–H and O–H groups in total. The van der Waals surface area contributed by atoms with Crippen LogP contribution in [0.25, 0.3) is 0 Å². The Hall–Kier alpha value is -0.410. The molecule has 0 aromatic carbocycles. The van der Waals surface area contributed by atoms with Crippen molar-refractivity contribution in [3.63, 3.8) is 0 Å². The Bertz CT molecular complexity index is 222. The molecular formula is C8H10BrNO. The molecule has 0 aliphatic rings. The van der Waals surface area contributed by atoms with Gasteiger partial charge in [-0.3, -0.25) is 0 Å². The number of nitrogens with zero attached hydrogens (tertiary/aromatic N) is 1. The van der Waals surface area contributed by atoms with Gasteiger partial charge in [-0.05, 0) is 34.0 Å². The second kappa shape index (κ2) is 3.83. The van der Waals surface area contributed by atoms with E-state index in [1.807, 2.05) is 19.1 Å². The van der Waals surface area contributed by atoms with Crippen LogP contribution < -0.4 is 0 Å². The average Bonchev–Trinajstić information content (AvgIpc) is 2.05. The smallest absolute Gasteiger partial charge is 0.106 e. The fraction of sp³-hybridized carbons (Fsp3) is 0.375. The van der Waals surface area contributed by atoms with Crippen LogP contribution in [-0.2, 0) is 0 Å². The number of rotatable bonds is 2. The lowest BCUT2D eigenvalue weighted by Crippen LogP contribution is -1.95. The molecule has 60 valence electrons. The van der Waals surface area contributed by atoms with Crippen LogP contribution in [-0.4, -0.2) is 10.1 Å². The number of hydrogen-bond donors (Lipinski definition) is 1. The van der Waals surface area contributed by atoms with Crippen LogP contribution in [0.15, 0.2) is 22.9 Å². The van der Waals surface area contributed by atoms with Crippen LogP contribution >= 0.6 is 15.9 Å². The summed E-state index contributed by atoms with van der Waals surface area (Å²) in [5, 5.41) is 9.36. The van der Waals surface area contributed by atoms with Crippen LogP contribution in [0.5, 0.6) is 0 Å². The molecule has 0 spiro atoms. The summed E-state index contributed by atoms with van der Waals surface area (Å²) in [6, 6.07) is 3.69. The Balaban J connectivity index is 2.81. The standard InChI is InChI=1S/C8H10BrNO/c1-2-7(11)6-3-4-8(9)10-5-6/h3-5,7,11H,2H2,1H3.